The molecule has 42 heavy (non-hydrogen) atoms. The third kappa shape index (κ3) is 5.47. The third-order valence-electron chi connectivity index (χ3n) is 6.71. The monoisotopic (exact) mass is 610 g/mol. The Morgan fingerprint density at radius 2 is 1.88 bits per heavy atom. The van der Waals surface area contributed by atoms with E-state index in [0.29, 0.717) is 11.0 Å². The van der Waals surface area contributed by atoms with Crippen LogP contribution >= 0.6 is 11.6 Å². The van der Waals surface area contributed by atoms with Crippen LogP contribution < -0.4 is 15.3 Å². The molecule has 2 aromatic carbocycles. The van der Waals surface area contributed by atoms with Crippen molar-refractivity contribution in [2.75, 3.05) is 19.6 Å². The molecular weight excluding hydrogens is 589 g/mol. The number of urea groups is 1. The van der Waals surface area contributed by atoms with Crippen molar-refractivity contribution in [1.29, 1.82) is 0 Å². The Morgan fingerprint density at radius 3 is 2.52 bits per heavy atom. The summed E-state index contributed by atoms with van der Waals surface area (Å²) < 4.78 is 34.4. The van der Waals surface area contributed by atoms with Crippen molar-refractivity contribution in [2.24, 2.45) is 0 Å². The number of nitrogens with one attached hydrogen (secondary N) is 2. The van der Waals surface area contributed by atoms with Crippen molar-refractivity contribution in [1.82, 2.24) is 20.4 Å². The third-order valence-corrected chi connectivity index (χ3v) is 7.03. The highest BCUT2D eigenvalue weighted by molar-refractivity contribution is 6.47. The second kappa shape index (κ2) is 11.7. The first kappa shape index (κ1) is 30.3. The van der Waals surface area contributed by atoms with Crippen LogP contribution in [-0.4, -0.2) is 92.6 Å². The van der Waals surface area contributed by atoms with Crippen molar-refractivity contribution in [3.05, 3.63) is 51.5 Å². The number of aromatic carboxylic acids is 1. The molecule has 14 nitrogen and oxygen atoms in total. The fourth-order valence-corrected chi connectivity index (χ4v) is 4.84. The van der Waals surface area contributed by atoms with Gasteiger partial charge in [0, 0.05) is 31.3 Å². The molecule has 0 aliphatic carbocycles. The van der Waals surface area contributed by atoms with Crippen LogP contribution in [-0.2, 0) is 20.8 Å². The molecule has 0 bridgehead atoms. The van der Waals surface area contributed by atoms with Crippen LogP contribution in [0.1, 0.15) is 34.5 Å². The first-order chi connectivity index (χ1) is 19.8. The predicted octanol–water partition coefficient (Wildman–Crippen LogP) is 0.309. The summed E-state index contributed by atoms with van der Waals surface area (Å²) in [4.78, 5) is 64.5. The normalized spacial score (nSPS) is 17.4. The molecule has 2 unspecified atom stereocenters. The Bertz CT molecular complexity index is 1510. The summed E-state index contributed by atoms with van der Waals surface area (Å²) in [6, 6.07) is -0.738. The Balaban J connectivity index is 1.66. The molecule has 1 fully saturated rings. The van der Waals surface area contributed by atoms with E-state index in [1.54, 1.807) is 6.92 Å². The second-order valence-corrected chi connectivity index (χ2v) is 9.63. The summed E-state index contributed by atoms with van der Waals surface area (Å²) in [5.74, 6) is -12.1. The summed E-state index contributed by atoms with van der Waals surface area (Å²) >= 11 is 6.06. The van der Waals surface area contributed by atoms with Crippen LogP contribution in [0.25, 0.3) is 0 Å². The van der Waals surface area contributed by atoms with E-state index in [1.165, 1.54) is 4.90 Å². The Hall–Kier alpha value is -4.64. The smallest absolute Gasteiger partial charge is 0.534 e. The highest BCUT2D eigenvalue weighted by Crippen LogP contribution is 2.39. The topological polar surface area (TPSA) is 206 Å². The van der Waals surface area contributed by atoms with Crippen LogP contribution in [0, 0.1) is 11.6 Å². The van der Waals surface area contributed by atoms with Crippen LogP contribution in [0.5, 0.6) is 17.2 Å². The van der Waals surface area contributed by atoms with Crippen LogP contribution in [0.4, 0.5) is 13.6 Å². The molecule has 4 rings (SSSR count). The summed E-state index contributed by atoms with van der Waals surface area (Å²) in [7, 11) is -1.95. The van der Waals surface area contributed by atoms with Gasteiger partial charge in [0.05, 0.1) is 11.0 Å². The standard InChI is InChI=1S/C24H22BClF2N4O10/c1-2-31-5-6-32(22(37)21(31)36)24(40)30-17(14-10(26)8-12(33)18(34)16(14)28)20(35)29-13-7-9-3-4-11(27)15(23(38)39)19(9)42-25(13)41/h3-4,8,13,17,33-34,41H,2,5-7H2,1H3,(H,29,35)(H,30,40)(H,38,39). The minimum atomic E-state index is -2.12. The SMILES string of the molecule is CCN1CCN(C(=O)NC(C(=O)NC2Cc3ccc(F)c(C(=O)O)c3OB2O)c2c(Cl)cc(O)c(O)c2F)C(=O)C1=O. The lowest BCUT2D eigenvalue weighted by molar-refractivity contribution is -0.153. The number of hydrogen-bond acceptors (Lipinski definition) is 9. The quantitative estimate of drug-likeness (QED) is 0.150. The fourth-order valence-electron chi connectivity index (χ4n) is 4.54. The van der Waals surface area contributed by atoms with Gasteiger partial charge in [-0.15, -0.1) is 0 Å². The molecule has 0 radical (unpaired) electrons. The fraction of sp³-hybridized carbons (Fsp3) is 0.292. The molecule has 2 heterocycles. The number of rotatable bonds is 6. The molecule has 1 saturated heterocycles. The highest BCUT2D eigenvalue weighted by atomic mass is 35.5. The lowest BCUT2D eigenvalue weighted by Crippen LogP contribution is -2.60. The lowest BCUT2D eigenvalue weighted by Gasteiger charge is -2.33. The van der Waals surface area contributed by atoms with Gasteiger partial charge >= 0.3 is 30.9 Å². The maximum Gasteiger partial charge on any atom is 0.547 e. The number of carbonyl (C=O) groups excluding carboxylic acids is 4. The summed E-state index contributed by atoms with van der Waals surface area (Å²) in [5, 5.41) is 43.2. The maximum absolute atomic E-state index is 15.1. The van der Waals surface area contributed by atoms with E-state index in [0.717, 1.165) is 12.1 Å². The number of phenolic OH excluding ortho intramolecular Hbond substituents is 2. The Kier molecular flexibility index (Phi) is 8.44. The van der Waals surface area contributed by atoms with Gasteiger partial charge in [0.1, 0.15) is 23.2 Å². The average Bonchev–Trinajstić information content (AvgIpc) is 2.92. The van der Waals surface area contributed by atoms with Gasteiger partial charge < -0.3 is 40.5 Å². The molecule has 0 spiro atoms. The number of aromatic hydroxyl groups is 2. The van der Waals surface area contributed by atoms with Crippen LogP contribution in [0.3, 0.4) is 0 Å². The number of phenols is 2. The van der Waals surface area contributed by atoms with E-state index in [1.807, 2.05) is 0 Å². The predicted molar refractivity (Wildman–Crippen MR) is 138 cm³/mol. The van der Waals surface area contributed by atoms with E-state index >= 15 is 4.39 Å². The number of benzene rings is 2. The van der Waals surface area contributed by atoms with Crippen molar-refractivity contribution in [3.63, 3.8) is 0 Å². The van der Waals surface area contributed by atoms with Gasteiger partial charge in [0.2, 0.25) is 5.91 Å². The first-order valence-electron chi connectivity index (χ1n) is 12.3. The molecule has 5 amide bonds. The van der Waals surface area contributed by atoms with E-state index in [2.05, 4.69) is 10.6 Å². The number of carboxylic acid groups (broad SMARTS) is 1. The summed E-state index contributed by atoms with van der Waals surface area (Å²) in [6.07, 6.45) is -0.313. The number of hydrogen-bond donors (Lipinski definition) is 6. The minimum absolute atomic E-state index is 0.0234. The molecule has 2 aliphatic rings. The van der Waals surface area contributed by atoms with E-state index in [4.69, 9.17) is 16.3 Å². The van der Waals surface area contributed by atoms with Gasteiger partial charge in [-0.1, -0.05) is 17.7 Å². The van der Waals surface area contributed by atoms with E-state index < -0.39 is 93.9 Å². The zero-order valence-corrected chi connectivity index (χ0v) is 22.3. The number of piperazine rings is 1. The van der Waals surface area contributed by atoms with Gasteiger partial charge in [-0.25, -0.2) is 18.4 Å². The number of amides is 5. The molecule has 2 aromatic rings. The zero-order valence-electron chi connectivity index (χ0n) is 21.6. The number of carboxylic acids is 1. The molecular formula is C24H22BClF2N4O10. The molecule has 0 aromatic heterocycles. The van der Waals surface area contributed by atoms with Crippen molar-refractivity contribution < 1.29 is 57.8 Å². The molecule has 2 aliphatic heterocycles. The lowest BCUT2D eigenvalue weighted by atomic mass is 9.72. The number of carbonyl (C=O) groups is 5. The minimum Gasteiger partial charge on any atom is -0.534 e. The van der Waals surface area contributed by atoms with Gasteiger partial charge in [-0.2, -0.15) is 0 Å². The number of imide groups is 1. The van der Waals surface area contributed by atoms with E-state index in [-0.39, 0.29) is 31.6 Å². The van der Waals surface area contributed by atoms with Crippen molar-refractivity contribution in [3.8, 4) is 17.2 Å². The van der Waals surface area contributed by atoms with Crippen molar-refractivity contribution >= 4 is 48.4 Å². The maximum atomic E-state index is 15.1. The first-order valence-corrected chi connectivity index (χ1v) is 12.6. The van der Waals surface area contributed by atoms with Crippen LogP contribution in [0.15, 0.2) is 18.2 Å². The van der Waals surface area contributed by atoms with Gasteiger partial charge in [-0.05, 0) is 25.0 Å². The molecule has 2 atom stereocenters. The number of halogens is 3. The average molecular weight is 611 g/mol. The number of fused-ring (bicyclic) bond motifs is 1. The van der Waals surface area contributed by atoms with E-state index in [9.17, 15) is 48.7 Å². The molecule has 222 valence electrons. The van der Waals surface area contributed by atoms with Crippen molar-refractivity contribution in [2.45, 2.75) is 25.3 Å². The second-order valence-electron chi connectivity index (χ2n) is 9.22. The Morgan fingerprint density at radius 1 is 1.19 bits per heavy atom. The molecule has 0 saturated carbocycles. The summed E-state index contributed by atoms with van der Waals surface area (Å²) in [5.41, 5.74) is -1.61. The van der Waals surface area contributed by atoms with Gasteiger partial charge in [-0.3, -0.25) is 19.3 Å². The largest absolute Gasteiger partial charge is 0.547 e. The highest BCUT2D eigenvalue weighted by Gasteiger charge is 2.42. The van der Waals surface area contributed by atoms with Gasteiger partial charge in [0.15, 0.2) is 17.3 Å². The summed E-state index contributed by atoms with van der Waals surface area (Å²) in [6.45, 7) is 1.51. The molecule has 18 heteroatoms. The zero-order chi connectivity index (χ0) is 31.0. The number of nitrogens with zero attached hydrogens (tertiary/aromatic N) is 2. The Labute approximate surface area is 240 Å². The van der Waals surface area contributed by atoms with Gasteiger partial charge in [0.25, 0.3) is 0 Å². The van der Waals surface area contributed by atoms with Crippen LogP contribution in [0.2, 0.25) is 5.02 Å². The number of likely N-dealkylation sites (N-methyl/N-ethyl adjacent to an activating group) is 1. The molecule has 6 N–H and O–H groups in total.